The first kappa shape index (κ1) is 25.1. The molecular weight excluding hydrogens is 446 g/mol. The fraction of sp³-hybridized carbons (Fsp3) is 0.400. The van der Waals surface area contributed by atoms with Gasteiger partial charge in [-0.25, -0.2) is 13.6 Å². The summed E-state index contributed by atoms with van der Waals surface area (Å²) in [5.74, 6) is -2.11. The van der Waals surface area contributed by atoms with Crippen molar-refractivity contribution in [2.24, 2.45) is 0 Å². The van der Waals surface area contributed by atoms with E-state index < -0.39 is 36.9 Å². The number of aliphatic carboxylic acids is 1. The standard InChI is InChI=1S/C25H28F2N2O5/c1-15(7-6-12-22(30)29-21(24(26)27)13-23(31)32)28-25(33)34-14-20-18-10-4-2-8-16(18)17-9-3-5-11-19(17)20/h2-5,8-11,15,20-21,24H,6-7,12-14H2,1H3,(H,28,33)(H,29,30)(H,31,32). The van der Waals surface area contributed by atoms with Crippen molar-refractivity contribution in [2.75, 3.05) is 6.61 Å². The Kier molecular flexibility index (Phi) is 8.56. The van der Waals surface area contributed by atoms with E-state index in [4.69, 9.17) is 9.84 Å². The number of hydrogen-bond acceptors (Lipinski definition) is 4. The van der Waals surface area contributed by atoms with E-state index in [0.717, 1.165) is 22.3 Å². The molecule has 3 rings (SSSR count). The monoisotopic (exact) mass is 474 g/mol. The second-order valence-corrected chi connectivity index (χ2v) is 8.37. The average Bonchev–Trinajstić information content (AvgIpc) is 3.10. The number of rotatable bonds is 11. The van der Waals surface area contributed by atoms with E-state index in [-0.39, 0.29) is 25.0 Å². The lowest BCUT2D eigenvalue weighted by atomic mass is 9.98. The largest absolute Gasteiger partial charge is 0.481 e. The Morgan fingerprint density at radius 1 is 1.00 bits per heavy atom. The van der Waals surface area contributed by atoms with Crippen LogP contribution in [-0.2, 0) is 14.3 Å². The smallest absolute Gasteiger partial charge is 0.407 e. The van der Waals surface area contributed by atoms with E-state index in [1.807, 2.05) is 41.7 Å². The van der Waals surface area contributed by atoms with Crippen molar-refractivity contribution in [3.05, 3.63) is 59.7 Å². The SMILES string of the molecule is CC(CCCC(=O)NC(CC(=O)O)C(F)F)NC(=O)OCC1c2ccccc2-c2ccccc21. The highest BCUT2D eigenvalue weighted by molar-refractivity contribution is 5.79. The van der Waals surface area contributed by atoms with Gasteiger partial charge in [-0.15, -0.1) is 0 Å². The number of fused-ring (bicyclic) bond motifs is 3. The molecule has 0 radical (unpaired) electrons. The van der Waals surface area contributed by atoms with Crippen LogP contribution >= 0.6 is 0 Å². The van der Waals surface area contributed by atoms with Crippen LogP contribution in [0.25, 0.3) is 11.1 Å². The first-order valence-electron chi connectivity index (χ1n) is 11.2. The molecule has 1 aliphatic carbocycles. The molecule has 2 amide bonds. The van der Waals surface area contributed by atoms with E-state index in [9.17, 15) is 23.2 Å². The molecule has 2 atom stereocenters. The van der Waals surface area contributed by atoms with E-state index in [0.29, 0.717) is 12.8 Å². The van der Waals surface area contributed by atoms with Crippen molar-refractivity contribution >= 4 is 18.0 Å². The molecule has 2 aromatic rings. The summed E-state index contributed by atoms with van der Waals surface area (Å²) in [7, 11) is 0. The number of carboxylic acid groups (broad SMARTS) is 1. The van der Waals surface area contributed by atoms with Gasteiger partial charge in [0.1, 0.15) is 12.6 Å². The zero-order chi connectivity index (χ0) is 24.7. The summed E-state index contributed by atoms with van der Waals surface area (Å²) in [5.41, 5.74) is 4.49. The first-order chi connectivity index (χ1) is 16.3. The summed E-state index contributed by atoms with van der Waals surface area (Å²) in [4.78, 5) is 34.8. The molecule has 0 spiro atoms. The molecule has 0 aromatic heterocycles. The molecule has 3 N–H and O–H groups in total. The zero-order valence-electron chi connectivity index (χ0n) is 18.8. The number of alkyl carbamates (subject to hydrolysis) is 1. The minimum atomic E-state index is -2.96. The lowest BCUT2D eigenvalue weighted by Gasteiger charge is -2.18. The highest BCUT2D eigenvalue weighted by Gasteiger charge is 2.29. The molecule has 2 aromatic carbocycles. The number of alkyl halides is 2. The van der Waals surface area contributed by atoms with Gasteiger partial charge in [0.25, 0.3) is 6.43 Å². The molecule has 1 aliphatic rings. The summed E-state index contributed by atoms with van der Waals surface area (Å²) in [6, 6.07) is 14.0. The highest BCUT2D eigenvalue weighted by Crippen LogP contribution is 2.44. The topological polar surface area (TPSA) is 105 Å². The summed E-state index contributed by atoms with van der Waals surface area (Å²) in [6.45, 7) is 1.94. The van der Waals surface area contributed by atoms with Crippen molar-refractivity contribution < 1.29 is 33.0 Å². The summed E-state index contributed by atoms with van der Waals surface area (Å²) < 4.78 is 31.1. The zero-order valence-corrected chi connectivity index (χ0v) is 18.8. The summed E-state index contributed by atoms with van der Waals surface area (Å²) >= 11 is 0. The van der Waals surface area contributed by atoms with Crippen LogP contribution < -0.4 is 10.6 Å². The highest BCUT2D eigenvalue weighted by atomic mass is 19.3. The van der Waals surface area contributed by atoms with Crippen molar-refractivity contribution in [3.63, 3.8) is 0 Å². The number of carbonyl (C=O) groups is 3. The maximum atomic E-state index is 12.8. The fourth-order valence-electron chi connectivity index (χ4n) is 4.15. The van der Waals surface area contributed by atoms with Crippen LogP contribution in [0, 0.1) is 0 Å². The normalized spacial score (nSPS) is 14.1. The minimum absolute atomic E-state index is 0.0502. The summed E-state index contributed by atoms with van der Waals surface area (Å²) in [6.07, 6.45) is -3.68. The van der Waals surface area contributed by atoms with Gasteiger partial charge in [-0.05, 0) is 42.0 Å². The van der Waals surface area contributed by atoms with Gasteiger partial charge in [0.05, 0.1) is 6.42 Å². The Balaban J connectivity index is 1.42. The van der Waals surface area contributed by atoms with Gasteiger partial charge >= 0.3 is 12.1 Å². The molecule has 0 saturated heterocycles. The second kappa shape index (κ2) is 11.6. The van der Waals surface area contributed by atoms with Gasteiger partial charge in [-0.3, -0.25) is 9.59 Å². The van der Waals surface area contributed by atoms with Gasteiger partial charge in [-0.1, -0.05) is 48.5 Å². The van der Waals surface area contributed by atoms with Crippen LogP contribution in [0.2, 0.25) is 0 Å². The van der Waals surface area contributed by atoms with Crippen molar-refractivity contribution in [1.82, 2.24) is 10.6 Å². The molecule has 0 bridgehead atoms. The maximum absolute atomic E-state index is 12.8. The third-order valence-corrected chi connectivity index (χ3v) is 5.79. The Bertz CT molecular complexity index is 984. The van der Waals surface area contributed by atoms with Gasteiger partial charge in [0.2, 0.25) is 5.91 Å². The number of carboxylic acids is 1. The Morgan fingerprint density at radius 3 is 2.15 bits per heavy atom. The van der Waals surface area contributed by atoms with E-state index in [1.54, 1.807) is 6.92 Å². The summed E-state index contributed by atoms with van der Waals surface area (Å²) in [5, 5.41) is 13.4. The van der Waals surface area contributed by atoms with Gasteiger partial charge in [-0.2, -0.15) is 0 Å². The Morgan fingerprint density at radius 2 is 1.59 bits per heavy atom. The average molecular weight is 475 g/mol. The Labute approximate surface area is 196 Å². The molecule has 0 saturated carbocycles. The minimum Gasteiger partial charge on any atom is -0.481 e. The van der Waals surface area contributed by atoms with Crippen molar-refractivity contribution in [3.8, 4) is 11.1 Å². The van der Waals surface area contributed by atoms with E-state index >= 15 is 0 Å². The van der Waals surface area contributed by atoms with Crippen LogP contribution in [-0.4, -0.2) is 48.2 Å². The van der Waals surface area contributed by atoms with Gasteiger partial charge in [0, 0.05) is 18.4 Å². The van der Waals surface area contributed by atoms with Crippen LogP contribution in [0.15, 0.2) is 48.5 Å². The van der Waals surface area contributed by atoms with Crippen molar-refractivity contribution in [1.29, 1.82) is 0 Å². The second-order valence-electron chi connectivity index (χ2n) is 8.37. The lowest BCUT2D eigenvalue weighted by molar-refractivity contribution is -0.139. The number of amides is 2. The third-order valence-electron chi connectivity index (χ3n) is 5.79. The van der Waals surface area contributed by atoms with E-state index in [2.05, 4.69) is 17.4 Å². The predicted molar refractivity (Wildman–Crippen MR) is 122 cm³/mol. The van der Waals surface area contributed by atoms with Gasteiger partial charge in [0.15, 0.2) is 0 Å². The third kappa shape index (κ3) is 6.52. The van der Waals surface area contributed by atoms with Crippen LogP contribution in [0.3, 0.4) is 0 Å². The number of nitrogens with one attached hydrogen (secondary N) is 2. The quantitative estimate of drug-likeness (QED) is 0.450. The Hall–Kier alpha value is -3.49. The van der Waals surface area contributed by atoms with Gasteiger partial charge < -0.3 is 20.5 Å². The molecule has 34 heavy (non-hydrogen) atoms. The number of benzene rings is 2. The number of ether oxygens (including phenoxy) is 1. The molecule has 0 aliphatic heterocycles. The molecule has 7 nitrogen and oxygen atoms in total. The molecule has 182 valence electrons. The van der Waals surface area contributed by atoms with E-state index in [1.165, 1.54) is 0 Å². The molecule has 0 heterocycles. The first-order valence-corrected chi connectivity index (χ1v) is 11.2. The molecule has 2 unspecified atom stereocenters. The lowest BCUT2D eigenvalue weighted by Crippen LogP contribution is -2.41. The number of hydrogen-bond donors (Lipinski definition) is 3. The predicted octanol–water partition coefficient (Wildman–Crippen LogP) is 4.31. The van der Waals surface area contributed by atoms with Crippen LogP contribution in [0.5, 0.6) is 0 Å². The van der Waals surface area contributed by atoms with Crippen molar-refractivity contribution in [2.45, 2.75) is 57.0 Å². The molecule has 0 fully saturated rings. The molecule has 9 heteroatoms. The number of halogens is 2. The van der Waals surface area contributed by atoms with Crippen LogP contribution in [0.1, 0.15) is 49.7 Å². The van der Waals surface area contributed by atoms with Crippen LogP contribution in [0.4, 0.5) is 13.6 Å². The molecular formula is C25H28F2N2O5. The number of carbonyl (C=O) groups excluding carboxylic acids is 2. The maximum Gasteiger partial charge on any atom is 0.407 e. The fourth-order valence-corrected chi connectivity index (χ4v) is 4.15.